The first-order chi connectivity index (χ1) is 11.2. The van der Waals surface area contributed by atoms with Gasteiger partial charge in [-0.15, -0.1) is 0 Å². The van der Waals surface area contributed by atoms with Crippen molar-refractivity contribution in [2.24, 2.45) is 5.92 Å². The Kier molecular flexibility index (Phi) is 4.60. The Balaban J connectivity index is 1.80. The Morgan fingerprint density at radius 2 is 2.22 bits per heavy atom. The van der Waals surface area contributed by atoms with E-state index in [9.17, 15) is 4.79 Å². The number of hydrogen-bond acceptors (Lipinski definition) is 5. The van der Waals surface area contributed by atoms with Gasteiger partial charge in [0.05, 0.1) is 23.8 Å². The maximum Gasteiger partial charge on any atom is 0.246 e. The van der Waals surface area contributed by atoms with Crippen LogP contribution in [0, 0.1) is 5.92 Å². The molecule has 1 aromatic carbocycles. The zero-order valence-corrected chi connectivity index (χ0v) is 13.6. The lowest BCUT2D eigenvalue weighted by Gasteiger charge is -2.23. The molecule has 0 radical (unpaired) electrons. The molecule has 2 aromatic rings. The molecule has 2 heterocycles. The molecule has 6 heteroatoms. The van der Waals surface area contributed by atoms with Gasteiger partial charge in [-0.2, -0.15) is 4.98 Å². The lowest BCUT2D eigenvalue weighted by molar-refractivity contribution is -0.119. The van der Waals surface area contributed by atoms with Gasteiger partial charge in [-0.1, -0.05) is 37.6 Å². The standard InChI is InChI=1S/C17H22N4O2/c1-3-4-9-15-19-16(23-20-15)11-21-10-12(2)17(22)18-13-7-5-6-8-14(13)21/h5-8,12H,3-4,9-11H2,1-2H3,(H,18,22). The van der Waals surface area contributed by atoms with Crippen LogP contribution in [0.4, 0.5) is 11.4 Å². The molecule has 0 bridgehead atoms. The van der Waals surface area contributed by atoms with Crippen molar-refractivity contribution in [1.29, 1.82) is 0 Å². The van der Waals surface area contributed by atoms with Crippen LogP contribution >= 0.6 is 0 Å². The first-order valence-electron chi connectivity index (χ1n) is 8.13. The number of carbonyl (C=O) groups excluding carboxylic acids is 1. The van der Waals surface area contributed by atoms with Gasteiger partial charge in [-0.3, -0.25) is 4.79 Å². The molecule has 1 amide bonds. The summed E-state index contributed by atoms with van der Waals surface area (Å²) in [5.74, 6) is 1.28. The minimum absolute atomic E-state index is 0.0362. The number of aryl methyl sites for hydroxylation is 1. The molecule has 0 spiro atoms. The Bertz CT molecular complexity index is 683. The molecule has 1 aliphatic heterocycles. The number of amides is 1. The summed E-state index contributed by atoms with van der Waals surface area (Å²) in [6.07, 6.45) is 3.00. The number of benzene rings is 1. The summed E-state index contributed by atoms with van der Waals surface area (Å²) < 4.78 is 5.37. The van der Waals surface area contributed by atoms with Crippen LogP contribution in [0.3, 0.4) is 0 Å². The van der Waals surface area contributed by atoms with E-state index >= 15 is 0 Å². The van der Waals surface area contributed by atoms with E-state index in [0.29, 0.717) is 19.0 Å². The lowest BCUT2D eigenvalue weighted by atomic mass is 10.1. The molecule has 1 N–H and O–H groups in total. The van der Waals surface area contributed by atoms with Gasteiger partial charge in [0.25, 0.3) is 0 Å². The number of aromatic nitrogens is 2. The second-order valence-electron chi connectivity index (χ2n) is 6.00. The number of nitrogens with one attached hydrogen (secondary N) is 1. The van der Waals surface area contributed by atoms with E-state index in [2.05, 4.69) is 27.3 Å². The first kappa shape index (κ1) is 15.5. The second-order valence-corrected chi connectivity index (χ2v) is 6.00. The van der Waals surface area contributed by atoms with Crippen LogP contribution in [0.2, 0.25) is 0 Å². The van der Waals surface area contributed by atoms with Crippen molar-refractivity contribution < 1.29 is 9.32 Å². The molecule has 6 nitrogen and oxygen atoms in total. The molecule has 0 saturated carbocycles. The number of unbranched alkanes of at least 4 members (excludes halogenated alkanes) is 1. The van der Waals surface area contributed by atoms with E-state index in [1.165, 1.54) is 0 Å². The molecule has 3 rings (SSSR count). The normalized spacial score (nSPS) is 17.6. The number of hydrogen-bond donors (Lipinski definition) is 1. The lowest BCUT2D eigenvalue weighted by Crippen LogP contribution is -2.30. The van der Waals surface area contributed by atoms with Crippen molar-refractivity contribution >= 4 is 17.3 Å². The molecule has 1 aliphatic rings. The number of carbonyl (C=O) groups is 1. The average molecular weight is 314 g/mol. The Labute approximate surface area is 135 Å². The molecule has 1 atom stereocenters. The van der Waals surface area contributed by atoms with Gasteiger partial charge in [-0.05, 0) is 18.6 Å². The van der Waals surface area contributed by atoms with Crippen molar-refractivity contribution in [3.63, 3.8) is 0 Å². The molecular formula is C17H22N4O2. The molecular weight excluding hydrogens is 292 g/mol. The van der Waals surface area contributed by atoms with Crippen LogP contribution < -0.4 is 10.2 Å². The second kappa shape index (κ2) is 6.81. The van der Waals surface area contributed by atoms with E-state index in [1.54, 1.807) is 0 Å². The van der Waals surface area contributed by atoms with Crippen LogP contribution in [-0.2, 0) is 17.8 Å². The van der Waals surface area contributed by atoms with E-state index in [0.717, 1.165) is 36.5 Å². The maximum absolute atomic E-state index is 12.1. The summed E-state index contributed by atoms with van der Waals surface area (Å²) in [6.45, 7) is 5.19. The van der Waals surface area contributed by atoms with Crippen molar-refractivity contribution in [3.05, 3.63) is 36.0 Å². The monoisotopic (exact) mass is 314 g/mol. The van der Waals surface area contributed by atoms with Crippen molar-refractivity contribution in [2.75, 3.05) is 16.8 Å². The third-order valence-corrected chi connectivity index (χ3v) is 4.03. The van der Waals surface area contributed by atoms with Crippen LogP contribution in [0.5, 0.6) is 0 Å². The Hall–Kier alpha value is -2.37. The van der Waals surface area contributed by atoms with E-state index in [-0.39, 0.29) is 11.8 Å². The first-order valence-corrected chi connectivity index (χ1v) is 8.13. The Morgan fingerprint density at radius 1 is 1.39 bits per heavy atom. The predicted molar refractivity (Wildman–Crippen MR) is 88.2 cm³/mol. The van der Waals surface area contributed by atoms with Crippen molar-refractivity contribution in [3.8, 4) is 0 Å². The van der Waals surface area contributed by atoms with E-state index < -0.39 is 0 Å². The van der Waals surface area contributed by atoms with Gasteiger partial charge in [0.1, 0.15) is 0 Å². The largest absolute Gasteiger partial charge is 0.360 e. The van der Waals surface area contributed by atoms with Gasteiger partial charge in [0.15, 0.2) is 5.82 Å². The van der Waals surface area contributed by atoms with Crippen LogP contribution in [0.15, 0.2) is 28.8 Å². The summed E-state index contributed by atoms with van der Waals surface area (Å²) >= 11 is 0. The van der Waals surface area contributed by atoms with Gasteiger partial charge < -0.3 is 14.7 Å². The highest BCUT2D eigenvalue weighted by atomic mass is 16.5. The van der Waals surface area contributed by atoms with E-state index in [4.69, 9.17) is 4.52 Å². The number of anilines is 2. The summed E-state index contributed by atoms with van der Waals surface area (Å²) in [5, 5.41) is 7.01. The number of nitrogens with zero attached hydrogens (tertiary/aromatic N) is 3. The quantitative estimate of drug-likeness (QED) is 0.918. The van der Waals surface area contributed by atoms with Crippen molar-refractivity contribution in [2.45, 2.75) is 39.7 Å². The number of rotatable bonds is 5. The molecule has 1 unspecified atom stereocenters. The van der Waals surface area contributed by atoms with Crippen LogP contribution in [-0.4, -0.2) is 22.6 Å². The minimum atomic E-state index is -0.107. The number of para-hydroxylation sites is 2. The fraction of sp³-hybridized carbons (Fsp3) is 0.471. The summed E-state index contributed by atoms with van der Waals surface area (Å²) in [7, 11) is 0. The zero-order valence-electron chi connectivity index (χ0n) is 13.6. The topological polar surface area (TPSA) is 71.3 Å². The van der Waals surface area contributed by atoms with Crippen LogP contribution in [0.25, 0.3) is 0 Å². The fourth-order valence-corrected chi connectivity index (χ4v) is 2.73. The summed E-state index contributed by atoms with van der Waals surface area (Å²) in [4.78, 5) is 18.7. The SMILES string of the molecule is CCCCc1noc(CN2CC(C)C(=O)Nc3ccccc32)n1. The molecule has 0 aliphatic carbocycles. The van der Waals surface area contributed by atoms with Crippen molar-refractivity contribution in [1.82, 2.24) is 10.1 Å². The summed E-state index contributed by atoms with van der Waals surface area (Å²) in [6, 6.07) is 7.80. The van der Waals surface area contributed by atoms with Gasteiger partial charge in [0, 0.05) is 13.0 Å². The molecule has 122 valence electrons. The molecule has 1 aromatic heterocycles. The van der Waals surface area contributed by atoms with Gasteiger partial charge >= 0.3 is 0 Å². The molecule has 23 heavy (non-hydrogen) atoms. The fourth-order valence-electron chi connectivity index (χ4n) is 2.73. The van der Waals surface area contributed by atoms with Gasteiger partial charge in [-0.25, -0.2) is 0 Å². The van der Waals surface area contributed by atoms with Crippen LogP contribution in [0.1, 0.15) is 38.4 Å². The third-order valence-electron chi connectivity index (χ3n) is 4.03. The van der Waals surface area contributed by atoms with Gasteiger partial charge in [0.2, 0.25) is 11.8 Å². The van der Waals surface area contributed by atoms with E-state index in [1.807, 2.05) is 31.2 Å². The summed E-state index contributed by atoms with van der Waals surface area (Å²) in [5.41, 5.74) is 1.81. The average Bonchev–Trinajstić information content (AvgIpc) is 2.95. The molecule has 0 fully saturated rings. The zero-order chi connectivity index (χ0) is 16.2. The smallest absolute Gasteiger partial charge is 0.246 e. The highest BCUT2D eigenvalue weighted by Gasteiger charge is 2.25. The Morgan fingerprint density at radius 3 is 3.04 bits per heavy atom. The molecule has 0 saturated heterocycles. The maximum atomic E-state index is 12.1. The highest BCUT2D eigenvalue weighted by molar-refractivity contribution is 5.97. The number of fused-ring (bicyclic) bond motifs is 1. The third kappa shape index (κ3) is 3.52. The predicted octanol–water partition coefficient (Wildman–Crippen LogP) is 3.01. The highest BCUT2D eigenvalue weighted by Crippen LogP contribution is 2.30. The minimum Gasteiger partial charge on any atom is -0.360 e.